The van der Waals surface area contributed by atoms with Crippen molar-refractivity contribution in [2.24, 2.45) is 0 Å². The Morgan fingerprint density at radius 1 is 1.07 bits per heavy atom. The summed E-state index contributed by atoms with van der Waals surface area (Å²) in [7, 11) is 8.14. The van der Waals surface area contributed by atoms with Gasteiger partial charge in [0.05, 0.1) is 0 Å². The zero-order valence-corrected chi connectivity index (χ0v) is 23.9. The first-order chi connectivity index (χ1) is 13.3. The van der Waals surface area contributed by atoms with Gasteiger partial charge in [-0.25, -0.2) is 0 Å². The molecule has 1 saturated heterocycles. The molecule has 1 aliphatic heterocycles. The summed E-state index contributed by atoms with van der Waals surface area (Å²) < 4.78 is 0. The van der Waals surface area contributed by atoms with Crippen LogP contribution in [0.1, 0.15) is 85.5 Å². The third kappa shape index (κ3) is 7.91. The predicted molar refractivity (Wildman–Crippen MR) is 131 cm³/mol. The third-order valence-corrected chi connectivity index (χ3v) is 11.4. The Morgan fingerprint density at radius 2 is 1.62 bits per heavy atom. The van der Waals surface area contributed by atoms with E-state index in [1.807, 2.05) is 11.1 Å². The average Bonchev–Trinajstić information content (AvgIpc) is 3.27. The zero-order chi connectivity index (χ0) is 20.8. The molecule has 0 bridgehead atoms. The van der Waals surface area contributed by atoms with E-state index in [0.717, 1.165) is 11.6 Å². The Labute approximate surface area is 199 Å². The van der Waals surface area contributed by atoms with Crippen LogP contribution >= 0.6 is 18.6 Å². The standard InChI is InChI=1S/C22H41N2Si.CH3.2ClH.Ti/c1-6-7-16-25(5,23-22(2,3)4)21-17-20(24-14-10-11-15-24)18-12-8-9-13-19(18)21;;;;/h20-21H,6-17H2,1-5H3;1H3;2*1H;/q2*-1;;;+2/p-2/t20?,21?,25-;;;;/m0..../s1. The molecule has 3 aliphatic rings. The monoisotopic (exact) mass is 494 g/mol. The van der Waals surface area contributed by atoms with Crippen LogP contribution in [0.2, 0.25) is 18.1 Å². The van der Waals surface area contributed by atoms with E-state index in [-0.39, 0.29) is 13.0 Å². The second-order valence-electron chi connectivity index (χ2n) is 10.1. The van der Waals surface area contributed by atoms with Crippen molar-refractivity contribution in [2.75, 3.05) is 13.1 Å². The number of unbranched alkanes of at least 4 members (excludes halogenated alkanes) is 1. The van der Waals surface area contributed by atoms with Gasteiger partial charge in [-0.1, -0.05) is 72.5 Å². The van der Waals surface area contributed by atoms with Gasteiger partial charge in [0.15, 0.2) is 0 Å². The molecule has 0 radical (unpaired) electrons. The number of allylic oxidation sites excluding steroid dienone is 1. The molecule has 0 saturated carbocycles. The number of hydrogen-bond acceptors (Lipinski definition) is 1. The van der Waals surface area contributed by atoms with Crippen molar-refractivity contribution in [3.05, 3.63) is 23.6 Å². The summed E-state index contributed by atoms with van der Waals surface area (Å²) in [6, 6.07) is 2.18. The first kappa shape index (κ1) is 28.2. The van der Waals surface area contributed by atoms with Gasteiger partial charge in [0.2, 0.25) is 0 Å². The molecule has 2 unspecified atom stereocenters. The SMILES string of the molecule is CCCC[Si@](C)([N-]C(C)(C)C)C1CC(N2CCCC2)C2=C1CCCC2.[CH3-].[Cl][Ti][Cl]. The van der Waals surface area contributed by atoms with Crippen LogP contribution in [0.5, 0.6) is 0 Å². The van der Waals surface area contributed by atoms with E-state index in [0.29, 0.717) is 0 Å². The Balaban J connectivity index is 0.000000990. The Bertz CT molecular complexity index is 517. The van der Waals surface area contributed by atoms with Gasteiger partial charge in [0.1, 0.15) is 0 Å². The van der Waals surface area contributed by atoms with Gasteiger partial charge < -0.3 is 12.4 Å². The van der Waals surface area contributed by atoms with Crippen LogP contribution in [0.15, 0.2) is 11.1 Å². The maximum absolute atomic E-state index is 5.60. The van der Waals surface area contributed by atoms with E-state index in [1.165, 1.54) is 76.9 Å². The number of hydrogen-bond donors (Lipinski definition) is 0. The van der Waals surface area contributed by atoms with E-state index in [2.05, 4.69) is 39.1 Å². The summed E-state index contributed by atoms with van der Waals surface area (Å²) in [5, 5.41) is 0. The van der Waals surface area contributed by atoms with Crippen LogP contribution in [0.3, 0.4) is 0 Å². The van der Waals surface area contributed by atoms with Crippen molar-refractivity contribution in [1.29, 1.82) is 0 Å². The molecule has 170 valence electrons. The molecule has 0 aromatic rings. The van der Waals surface area contributed by atoms with Gasteiger partial charge in [-0.2, -0.15) is 0 Å². The van der Waals surface area contributed by atoms with Gasteiger partial charge in [0.25, 0.3) is 0 Å². The van der Waals surface area contributed by atoms with Gasteiger partial charge in [-0.3, -0.25) is 4.90 Å². The van der Waals surface area contributed by atoms with Crippen molar-refractivity contribution in [2.45, 2.75) is 115 Å². The Hall–Kier alpha value is 1.17. The van der Waals surface area contributed by atoms with E-state index in [4.69, 9.17) is 23.6 Å². The van der Waals surface area contributed by atoms with Crippen molar-refractivity contribution >= 4 is 26.8 Å². The molecule has 0 amide bonds. The molecule has 0 spiro atoms. The van der Waals surface area contributed by atoms with Crippen LogP contribution in [0.4, 0.5) is 0 Å². The third-order valence-electron chi connectivity index (χ3n) is 6.80. The zero-order valence-electron chi connectivity index (χ0n) is 19.8. The molecule has 6 heteroatoms. The number of likely N-dealkylation sites (tertiary alicyclic amines) is 1. The van der Waals surface area contributed by atoms with Crippen LogP contribution in [0.25, 0.3) is 4.98 Å². The van der Waals surface area contributed by atoms with Crippen molar-refractivity contribution in [1.82, 2.24) is 4.90 Å². The van der Waals surface area contributed by atoms with Gasteiger partial charge in [-0.15, -0.1) is 5.54 Å². The van der Waals surface area contributed by atoms with E-state index < -0.39 is 25.3 Å². The molecule has 29 heavy (non-hydrogen) atoms. The minimum absolute atomic E-state index is 0. The van der Waals surface area contributed by atoms with Gasteiger partial charge >= 0.3 is 35.6 Å². The summed E-state index contributed by atoms with van der Waals surface area (Å²) in [5.74, 6) is 0. The average molecular weight is 495 g/mol. The second kappa shape index (κ2) is 13.0. The molecule has 3 rings (SSSR count). The van der Waals surface area contributed by atoms with Gasteiger partial charge in [-0.05, 0) is 63.6 Å². The van der Waals surface area contributed by atoms with E-state index in [9.17, 15) is 0 Å². The summed E-state index contributed by atoms with van der Waals surface area (Å²) in [6.07, 6.45) is 12.6. The molecular formula is C23H44Cl2N2SiTi-2. The summed E-state index contributed by atoms with van der Waals surface area (Å²) >= 11 is -0.556. The Kier molecular flexibility index (Phi) is 12.7. The summed E-state index contributed by atoms with van der Waals surface area (Å²) in [6.45, 7) is 14.6. The predicted octanol–water partition coefficient (Wildman–Crippen LogP) is 8.47. The number of halogens is 2. The number of rotatable bonds is 6. The molecule has 0 aromatic heterocycles. The van der Waals surface area contributed by atoms with E-state index >= 15 is 0 Å². The minimum atomic E-state index is -1.63. The molecule has 0 aromatic carbocycles. The quantitative estimate of drug-likeness (QED) is 0.205. The normalized spacial score (nSPS) is 26.9. The molecule has 3 atom stereocenters. The van der Waals surface area contributed by atoms with Crippen LogP contribution in [0, 0.1) is 7.43 Å². The van der Waals surface area contributed by atoms with Crippen LogP contribution in [-0.2, 0) is 17.0 Å². The first-order valence-electron chi connectivity index (χ1n) is 11.4. The summed E-state index contributed by atoms with van der Waals surface area (Å²) in [5.41, 5.74) is 4.74. The molecule has 2 nitrogen and oxygen atoms in total. The van der Waals surface area contributed by atoms with Gasteiger partial charge in [0, 0.05) is 6.04 Å². The molecule has 1 fully saturated rings. The molecule has 1 heterocycles. The number of nitrogens with zero attached hydrogens (tertiary/aromatic N) is 2. The Morgan fingerprint density at radius 3 is 2.14 bits per heavy atom. The molecular weight excluding hydrogens is 451 g/mol. The fourth-order valence-electron chi connectivity index (χ4n) is 5.90. The van der Waals surface area contributed by atoms with Crippen molar-refractivity contribution in [3.8, 4) is 0 Å². The second-order valence-corrected chi connectivity index (χ2v) is 16.8. The van der Waals surface area contributed by atoms with Crippen molar-refractivity contribution in [3.63, 3.8) is 0 Å². The van der Waals surface area contributed by atoms with Crippen LogP contribution < -0.4 is 0 Å². The summed E-state index contributed by atoms with van der Waals surface area (Å²) in [4.78, 5) is 8.44. The fraction of sp³-hybridized carbons (Fsp3) is 0.870. The first-order valence-corrected chi connectivity index (χ1v) is 18.4. The molecule has 0 N–H and O–H groups in total. The topological polar surface area (TPSA) is 17.3 Å². The van der Waals surface area contributed by atoms with Crippen molar-refractivity contribution < 1.29 is 17.0 Å². The maximum atomic E-state index is 5.60. The fourth-order valence-corrected chi connectivity index (χ4v) is 10.9. The van der Waals surface area contributed by atoms with E-state index in [1.54, 1.807) is 0 Å². The van der Waals surface area contributed by atoms with Crippen LogP contribution in [-0.4, -0.2) is 37.8 Å². The molecule has 2 aliphatic carbocycles.